The number of benzene rings is 1. The van der Waals surface area contributed by atoms with Crippen LogP contribution in [0.3, 0.4) is 0 Å². The number of aromatic amines is 1. The summed E-state index contributed by atoms with van der Waals surface area (Å²) in [5, 5.41) is 11.1. The molecule has 0 bridgehead atoms. The number of nitrogens with zero attached hydrogens (tertiary/aromatic N) is 1. The van der Waals surface area contributed by atoms with E-state index in [0.29, 0.717) is 22.8 Å². The molecule has 0 radical (unpaired) electrons. The van der Waals surface area contributed by atoms with Gasteiger partial charge in [-0.2, -0.15) is 5.10 Å². The molecule has 0 aliphatic heterocycles. The first-order valence-electron chi connectivity index (χ1n) is 6.58. The standard InChI is InChI=1S/C15H16ClN3O/c1-15(2)7-11-13(12(20)8-15)14(19-18-11)17-10-5-3-9(16)4-6-10/h3-6H,7-8H2,1-2H3,(H2,17,18,19). The van der Waals surface area contributed by atoms with Gasteiger partial charge in [0.2, 0.25) is 0 Å². The Morgan fingerprint density at radius 2 is 1.95 bits per heavy atom. The first-order valence-corrected chi connectivity index (χ1v) is 6.95. The number of ketones is 1. The Hall–Kier alpha value is -1.81. The van der Waals surface area contributed by atoms with E-state index in [2.05, 4.69) is 29.4 Å². The highest BCUT2D eigenvalue weighted by atomic mass is 35.5. The molecule has 2 N–H and O–H groups in total. The molecule has 0 saturated carbocycles. The lowest BCUT2D eigenvalue weighted by Gasteiger charge is -2.27. The largest absolute Gasteiger partial charge is 0.338 e. The second kappa shape index (κ2) is 4.63. The van der Waals surface area contributed by atoms with Gasteiger partial charge in [0.25, 0.3) is 0 Å². The van der Waals surface area contributed by atoms with Crippen LogP contribution in [0.4, 0.5) is 11.5 Å². The molecule has 1 aromatic carbocycles. The second-order valence-electron chi connectivity index (χ2n) is 6.00. The van der Waals surface area contributed by atoms with E-state index in [0.717, 1.165) is 17.8 Å². The number of aromatic nitrogens is 2. The van der Waals surface area contributed by atoms with Crippen molar-refractivity contribution in [3.05, 3.63) is 40.5 Å². The van der Waals surface area contributed by atoms with Gasteiger partial charge in [-0.1, -0.05) is 25.4 Å². The summed E-state index contributed by atoms with van der Waals surface area (Å²) in [6, 6.07) is 7.32. The molecule has 2 aromatic rings. The molecule has 0 fully saturated rings. The van der Waals surface area contributed by atoms with E-state index in [4.69, 9.17) is 11.6 Å². The first kappa shape index (κ1) is 13.2. The fourth-order valence-corrected chi connectivity index (χ4v) is 2.76. The quantitative estimate of drug-likeness (QED) is 0.880. The number of hydrogen-bond donors (Lipinski definition) is 2. The molecule has 1 aliphatic rings. The van der Waals surface area contributed by atoms with Crippen molar-refractivity contribution < 1.29 is 4.79 Å². The number of nitrogens with one attached hydrogen (secondary N) is 2. The number of fused-ring (bicyclic) bond motifs is 1. The van der Waals surface area contributed by atoms with Crippen LogP contribution in [0.2, 0.25) is 5.02 Å². The topological polar surface area (TPSA) is 57.8 Å². The van der Waals surface area contributed by atoms with E-state index < -0.39 is 0 Å². The Balaban J connectivity index is 1.92. The summed E-state index contributed by atoms with van der Waals surface area (Å²) < 4.78 is 0. The number of rotatable bonds is 2. The number of halogens is 1. The van der Waals surface area contributed by atoms with Crippen LogP contribution in [0, 0.1) is 5.41 Å². The van der Waals surface area contributed by atoms with Crippen molar-refractivity contribution in [2.75, 3.05) is 5.32 Å². The molecule has 5 heteroatoms. The first-order chi connectivity index (χ1) is 9.44. The molecular weight excluding hydrogens is 274 g/mol. The van der Waals surface area contributed by atoms with Crippen molar-refractivity contribution in [2.24, 2.45) is 5.41 Å². The molecule has 0 atom stereocenters. The molecule has 0 amide bonds. The van der Waals surface area contributed by atoms with Gasteiger partial charge in [-0.3, -0.25) is 9.89 Å². The van der Waals surface area contributed by atoms with Gasteiger partial charge in [-0.05, 0) is 36.1 Å². The zero-order chi connectivity index (χ0) is 14.3. The molecule has 4 nitrogen and oxygen atoms in total. The van der Waals surface area contributed by atoms with E-state index in [1.807, 2.05) is 12.1 Å². The van der Waals surface area contributed by atoms with Gasteiger partial charge in [-0.15, -0.1) is 0 Å². The zero-order valence-corrected chi connectivity index (χ0v) is 12.2. The number of Topliss-reactive ketones (excluding diaryl/α,β-unsaturated/α-hetero) is 1. The molecule has 1 aliphatic carbocycles. The Morgan fingerprint density at radius 1 is 1.25 bits per heavy atom. The third kappa shape index (κ3) is 2.43. The van der Waals surface area contributed by atoms with E-state index in [9.17, 15) is 4.79 Å². The van der Waals surface area contributed by atoms with E-state index >= 15 is 0 Å². The van der Waals surface area contributed by atoms with Crippen LogP contribution in [-0.4, -0.2) is 16.0 Å². The van der Waals surface area contributed by atoms with E-state index in [1.54, 1.807) is 12.1 Å². The number of anilines is 2. The smallest absolute Gasteiger partial charge is 0.169 e. The summed E-state index contributed by atoms with van der Waals surface area (Å²) >= 11 is 5.86. The Morgan fingerprint density at radius 3 is 2.65 bits per heavy atom. The predicted octanol–water partition coefficient (Wildman–Crippen LogP) is 3.96. The van der Waals surface area contributed by atoms with Crippen LogP contribution in [0.15, 0.2) is 24.3 Å². The molecule has 3 rings (SSSR count). The van der Waals surface area contributed by atoms with Crippen LogP contribution < -0.4 is 5.32 Å². The monoisotopic (exact) mass is 289 g/mol. The minimum Gasteiger partial charge on any atom is -0.338 e. The highest BCUT2D eigenvalue weighted by Crippen LogP contribution is 2.37. The van der Waals surface area contributed by atoms with Gasteiger partial charge < -0.3 is 5.32 Å². The van der Waals surface area contributed by atoms with Crippen LogP contribution in [0.25, 0.3) is 0 Å². The molecule has 0 unspecified atom stereocenters. The molecule has 0 saturated heterocycles. The zero-order valence-electron chi connectivity index (χ0n) is 11.5. The van der Waals surface area contributed by atoms with E-state index in [-0.39, 0.29) is 11.2 Å². The second-order valence-corrected chi connectivity index (χ2v) is 6.44. The summed E-state index contributed by atoms with van der Waals surface area (Å²) in [5.74, 6) is 0.740. The summed E-state index contributed by atoms with van der Waals surface area (Å²) in [5.41, 5.74) is 2.47. The lowest BCUT2D eigenvalue weighted by atomic mass is 9.76. The summed E-state index contributed by atoms with van der Waals surface area (Å²) in [7, 11) is 0. The van der Waals surface area contributed by atoms with Crippen molar-refractivity contribution in [3.8, 4) is 0 Å². The van der Waals surface area contributed by atoms with Gasteiger partial charge in [0.05, 0.1) is 5.56 Å². The summed E-state index contributed by atoms with van der Waals surface area (Å²) in [4.78, 5) is 12.3. The fourth-order valence-electron chi connectivity index (χ4n) is 2.63. The van der Waals surface area contributed by atoms with Crippen LogP contribution in [0.5, 0.6) is 0 Å². The normalized spacial score (nSPS) is 16.9. The minimum absolute atomic E-state index is 0.00579. The van der Waals surface area contributed by atoms with Crippen molar-refractivity contribution in [3.63, 3.8) is 0 Å². The van der Waals surface area contributed by atoms with E-state index in [1.165, 1.54) is 0 Å². The molecule has 20 heavy (non-hydrogen) atoms. The SMILES string of the molecule is CC1(C)CC(=O)c2c(Nc3ccc(Cl)cc3)n[nH]c2C1. The molecule has 104 valence electrons. The molecule has 1 heterocycles. The number of hydrogen-bond acceptors (Lipinski definition) is 3. The van der Waals surface area contributed by atoms with Crippen LogP contribution in [-0.2, 0) is 6.42 Å². The minimum atomic E-state index is -0.00579. The number of H-pyrrole nitrogens is 1. The maximum absolute atomic E-state index is 12.3. The van der Waals surface area contributed by atoms with Gasteiger partial charge >= 0.3 is 0 Å². The number of carbonyl (C=O) groups excluding carboxylic acids is 1. The Kier molecular flexibility index (Phi) is 3.05. The lowest BCUT2D eigenvalue weighted by Crippen LogP contribution is -2.26. The fraction of sp³-hybridized carbons (Fsp3) is 0.333. The average Bonchev–Trinajstić information content (AvgIpc) is 2.73. The molecule has 0 spiro atoms. The Labute approximate surface area is 122 Å². The van der Waals surface area contributed by atoms with Crippen LogP contribution >= 0.6 is 11.6 Å². The van der Waals surface area contributed by atoms with Gasteiger partial charge in [0.15, 0.2) is 11.6 Å². The molecular formula is C15H16ClN3O. The van der Waals surface area contributed by atoms with Crippen molar-refractivity contribution in [1.82, 2.24) is 10.2 Å². The lowest BCUT2D eigenvalue weighted by molar-refractivity contribution is 0.0912. The summed E-state index contributed by atoms with van der Waals surface area (Å²) in [6.07, 6.45) is 1.39. The van der Waals surface area contributed by atoms with Crippen molar-refractivity contribution in [2.45, 2.75) is 26.7 Å². The third-order valence-electron chi connectivity index (χ3n) is 3.52. The number of carbonyl (C=O) groups is 1. The highest BCUT2D eigenvalue weighted by molar-refractivity contribution is 6.30. The predicted molar refractivity (Wildman–Crippen MR) is 79.8 cm³/mol. The highest BCUT2D eigenvalue weighted by Gasteiger charge is 2.34. The summed E-state index contributed by atoms with van der Waals surface area (Å²) in [6.45, 7) is 4.20. The van der Waals surface area contributed by atoms with Crippen LogP contribution in [0.1, 0.15) is 36.3 Å². The molecule has 1 aromatic heterocycles. The third-order valence-corrected chi connectivity index (χ3v) is 3.77. The van der Waals surface area contributed by atoms with Gasteiger partial charge in [0, 0.05) is 22.8 Å². The van der Waals surface area contributed by atoms with Crippen molar-refractivity contribution in [1.29, 1.82) is 0 Å². The Bertz CT molecular complexity index is 658. The van der Waals surface area contributed by atoms with Gasteiger partial charge in [-0.25, -0.2) is 0 Å². The maximum Gasteiger partial charge on any atom is 0.169 e. The average molecular weight is 290 g/mol. The van der Waals surface area contributed by atoms with Crippen molar-refractivity contribution >= 4 is 28.9 Å². The van der Waals surface area contributed by atoms with Gasteiger partial charge in [0.1, 0.15) is 0 Å². The maximum atomic E-state index is 12.3.